The fraction of sp³-hybridized carbons (Fsp3) is 0.222. The number of aromatic amines is 1. The third-order valence-corrected chi connectivity index (χ3v) is 2.11. The molecule has 0 unspecified atom stereocenters. The zero-order chi connectivity index (χ0) is 9.26. The lowest BCUT2D eigenvalue weighted by molar-refractivity contribution is 0.938. The molecular formula is C9H10ClN3. The number of hydrogen-bond acceptors (Lipinski definition) is 2. The molecule has 4 heteroatoms. The summed E-state index contributed by atoms with van der Waals surface area (Å²) >= 11 is 5.80. The Bertz CT molecular complexity index is 422. The van der Waals surface area contributed by atoms with Crippen LogP contribution in [0.3, 0.4) is 0 Å². The minimum atomic E-state index is 0.639. The van der Waals surface area contributed by atoms with Gasteiger partial charge < -0.3 is 10.7 Å². The highest BCUT2D eigenvalue weighted by Gasteiger charge is 2.01. The molecule has 0 fully saturated rings. The van der Waals surface area contributed by atoms with Crippen molar-refractivity contribution in [2.75, 3.05) is 6.54 Å². The molecule has 2 rings (SSSR count). The molecule has 13 heavy (non-hydrogen) atoms. The van der Waals surface area contributed by atoms with Crippen LogP contribution in [-0.4, -0.2) is 16.5 Å². The van der Waals surface area contributed by atoms with Gasteiger partial charge in [-0.2, -0.15) is 0 Å². The van der Waals surface area contributed by atoms with Gasteiger partial charge in [0.1, 0.15) is 5.65 Å². The van der Waals surface area contributed by atoms with Gasteiger partial charge in [0.25, 0.3) is 0 Å². The Morgan fingerprint density at radius 2 is 2.31 bits per heavy atom. The SMILES string of the molecule is NCCc1cc2cc(Cl)cnc2[nH]1. The van der Waals surface area contributed by atoms with Gasteiger partial charge in [0.2, 0.25) is 0 Å². The van der Waals surface area contributed by atoms with Gasteiger partial charge in [-0.1, -0.05) is 11.6 Å². The monoisotopic (exact) mass is 195 g/mol. The fourth-order valence-corrected chi connectivity index (χ4v) is 1.50. The van der Waals surface area contributed by atoms with Crippen molar-refractivity contribution in [2.24, 2.45) is 5.73 Å². The Labute approximate surface area is 80.9 Å². The van der Waals surface area contributed by atoms with Gasteiger partial charge in [-0.15, -0.1) is 0 Å². The first-order chi connectivity index (χ1) is 6.29. The van der Waals surface area contributed by atoms with Gasteiger partial charge in [-0.05, 0) is 25.1 Å². The molecule has 0 saturated carbocycles. The zero-order valence-corrected chi connectivity index (χ0v) is 7.80. The standard InChI is InChI=1S/C9H10ClN3/c10-7-3-6-4-8(1-2-11)13-9(6)12-5-7/h3-5H,1-2,11H2,(H,12,13). The van der Waals surface area contributed by atoms with Crippen LogP contribution in [0.5, 0.6) is 0 Å². The van der Waals surface area contributed by atoms with Crippen molar-refractivity contribution < 1.29 is 0 Å². The van der Waals surface area contributed by atoms with Crippen molar-refractivity contribution in [3.63, 3.8) is 0 Å². The Kier molecular flexibility index (Phi) is 2.20. The molecule has 0 radical (unpaired) electrons. The smallest absolute Gasteiger partial charge is 0.137 e. The van der Waals surface area contributed by atoms with Crippen LogP contribution >= 0.6 is 11.6 Å². The largest absolute Gasteiger partial charge is 0.343 e. The van der Waals surface area contributed by atoms with E-state index in [2.05, 4.69) is 9.97 Å². The van der Waals surface area contributed by atoms with Crippen LogP contribution in [0.4, 0.5) is 0 Å². The Morgan fingerprint density at radius 3 is 3.08 bits per heavy atom. The summed E-state index contributed by atoms with van der Waals surface area (Å²) in [5.74, 6) is 0. The average molecular weight is 196 g/mol. The molecule has 2 aromatic heterocycles. The number of rotatable bonds is 2. The van der Waals surface area contributed by atoms with Crippen LogP contribution in [-0.2, 0) is 6.42 Å². The lowest BCUT2D eigenvalue weighted by Gasteiger charge is -1.89. The molecule has 0 amide bonds. The van der Waals surface area contributed by atoms with Gasteiger partial charge in [0.05, 0.1) is 5.02 Å². The molecule has 0 saturated heterocycles. The van der Waals surface area contributed by atoms with Crippen LogP contribution in [0.25, 0.3) is 11.0 Å². The maximum absolute atomic E-state index is 5.80. The first-order valence-corrected chi connectivity index (χ1v) is 4.50. The van der Waals surface area contributed by atoms with Crippen molar-refractivity contribution in [2.45, 2.75) is 6.42 Å². The van der Waals surface area contributed by atoms with Crippen molar-refractivity contribution >= 4 is 22.6 Å². The molecule has 68 valence electrons. The summed E-state index contributed by atoms with van der Waals surface area (Å²) in [6.45, 7) is 0.639. The molecule has 3 N–H and O–H groups in total. The molecule has 0 atom stereocenters. The number of nitrogens with two attached hydrogens (primary N) is 1. The summed E-state index contributed by atoms with van der Waals surface area (Å²) in [5.41, 5.74) is 7.42. The van der Waals surface area contributed by atoms with Crippen LogP contribution in [0.1, 0.15) is 5.69 Å². The van der Waals surface area contributed by atoms with Crippen molar-refractivity contribution in [3.05, 3.63) is 29.0 Å². The number of nitrogens with one attached hydrogen (secondary N) is 1. The first-order valence-electron chi connectivity index (χ1n) is 4.13. The van der Waals surface area contributed by atoms with E-state index in [1.54, 1.807) is 6.20 Å². The second kappa shape index (κ2) is 3.36. The van der Waals surface area contributed by atoms with Gasteiger partial charge >= 0.3 is 0 Å². The highest BCUT2D eigenvalue weighted by molar-refractivity contribution is 6.31. The van der Waals surface area contributed by atoms with Crippen molar-refractivity contribution in [1.29, 1.82) is 0 Å². The highest BCUT2D eigenvalue weighted by Crippen LogP contribution is 2.17. The van der Waals surface area contributed by atoms with E-state index >= 15 is 0 Å². The number of aromatic nitrogens is 2. The number of fused-ring (bicyclic) bond motifs is 1. The normalized spacial score (nSPS) is 10.9. The van der Waals surface area contributed by atoms with E-state index in [1.165, 1.54) is 0 Å². The quantitative estimate of drug-likeness (QED) is 0.767. The van der Waals surface area contributed by atoms with E-state index in [-0.39, 0.29) is 0 Å². The van der Waals surface area contributed by atoms with Crippen LogP contribution in [0, 0.1) is 0 Å². The van der Waals surface area contributed by atoms with E-state index in [4.69, 9.17) is 17.3 Å². The van der Waals surface area contributed by atoms with Gasteiger partial charge in [-0.3, -0.25) is 0 Å². The summed E-state index contributed by atoms with van der Waals surface area (Å²) in [4.78, 5) is 7.33. The maximum Gasteiger partial charge on any atom is 0.137 e. The average Bonchev–Trinajstić information content (AvgIpc) is 2.46. The van der Waals surface area contributed by atoms with E-state index in [0.29, 0.717) is 11.6 Å². The lowest BCUT2D eigenvalue weighted by atomic mass is 10.3. The fourth-order valence-electron chi connectivity index (χ4n) is 1.34. The predicted octanol–water partition coefficient (Wildman–Crippen LogP) is 1.72. The third-order valence-electron chi connectivity index (χ3n) is 1.91. The van der Waals surface area contributed by atoms with Crippen molar-refractivity contribution in [3.8, 4) is 0 Å². The minimum Gasteiger partial charge on any atom is -0.343 e. The summed E-state index contributed by atoms with van der Waals surface area (Å²) in [6, 6.07) is 3.92. The van der Waals surface area contributed by atoms with Crippen LogP contribution < -0.4 is 5.73 Å². The van der Waals surface area contributed by atoms with E-state index < -0.39 is 0 Å². The molecule has 0 bridgehead atoms. The van der Waals surface area contributed by atoms with E-state index in [0.717, 1.165) is 23.1 Å². The molecule has 0 aliphatic carbocycles. The molecule has 2 heterocycles. The number of H-pyrrole nitrogens is 1. The molecule has 0 aliphatic rings. The van der Waals surface area contributed by atoms with Gasteiger partial charge in [0.15, 0.2) is 0 Å². The summed E-state index contributed by atoms with van der Waals surface area (Å²) < 4.78 is 0. The molecular weight excluding hydrogens is 186 g/mol. The highest BCUT2D eigenvalue weighted by atomic mass is 35.5. The summed E-state index contributed by atoms with van der Waals surface area (Å²) in [6.07, 6.45) is 2.47. The number of nitrogens with zero attached hydrogens (tertiary/aromatic N) is 1. The number of halogens is 1. The summed E-state index contributed by atoms with van der Waals surface area (Å²) in [5, 5.41) is 1.70. The zero-order valence-electron chi connectivity index (χ0n) is 7.05. The molecule has 0 spiro atoms. The predicted molar refractivity (Wildman–Crippen MR) is 53.9 cm³/mol. The van der Waals surface area contributed by atoms with Crippen LogP contribution in [0.2, 0.25) is 5.02 Å². The first kappa shape index (κ1) is 8.53. The topological polar surface area (TPSA) is 54.7 Å². The lowest BCUT2D eigenvalue weighted by Crippen LogP contribution is -2.02. The minimum absolute atomic E-state index is 0.639. The Hall–Kier alpha value is -1.06. The van der Waals surface area contributed by atoms with E-state index in [9.17, 15) is 0 Å². The molecule has 0 aliphatic heterocycles. The van der Waals surface area contributed by atoms with E-state index in [1.807, 2.05) is 12.1 Å². The molecule has 0 aromatic carbocycles. The molecule has 3 nitrogen and oxygen atoms in total. The number of pyridine rings is 1. The second-order valence-electron chi connectivity index (χ2n) is 2.92. The Balaban J connectivity index is 2.49. The second-order valence-corrected chi connectivity index (χ2v) is 3.36. The van der Waals surface area contributed by atoms with Gasteiger partial charge in [-0.25, -0.2) is 4.98 Å². The van der Waals surface area contributed by atoms with Crippen LogP contribution in [0.15, 0.2) is 18.3 Å². The summed E-state index contributed by atoms with van der Waals surface area (Å²) in [7, 11) is 0. The van der Waals surface area contributed by atoms with Crippen molar-refractivity contribution in [1.82, 2.24) is 9.97 Å². The van der Waals surface area contributed by atoms with Gasteiger partial charge in [0, 0.05) is 17.3 Å². The third kappa shape index (κ3) is 1.66. The Morgan fingerprint density at radius 1 is 1.46 bits per heavy atom. The molecule has 2 aromatic rings. The maximum atomic E-state index is 5.80. The number of hydrogen-bond donors (Lipinski definition) is 2.